The van der Waals surface area contributed by atoms with Gasteiger partial charge >= 0.3 is 0 Å². The third kappa shape index (κ3) is 24.7. The summed E-state index contributed by atoms with van der Waals surface area (Å²) >= 11 is 0. The van der Waals surface area contributed by atoms with Gasteiger partial charge in [-0.3, -0.25) is 4.79 Å². The number of nitrogens with two attached hydrogens (primary N) is 2. The highest BCUT2D eigenvalue weighted by Crippen LogP contribution is 2.24. The van der Waals surface area contributed by atoms with Crippen LogP contribution in [-0.2, 0) is 25.4 Å². The summed E-state index contributed by atoms with van der Waals surface area (Å²) in [6.45, 7) is 3.18. The molecule has 1 saturated heterocycles. The molecule has 0 saturated carbocycles. The molecule has 1 aromatic carbocycles. The monoisotopic (exact) mass is 852 g/mol. The molecule has 1 aliphatic rings. The van der Waals surface area contributed by atoms with Crippen LogP contribution in [0.5, 0.6) is 5.75 Å². The Hall–Kier alpha value is -1.87. The largest absolute Gasteiger partial charge is 0.497 e. The first-order valence-corrected chi connectivity index (χ1v) is 24.2. The Morgan fingerprint density at radius 3 is 1.88 bits per heavy atom. The molecule has 0 spiro atoms. The molecule has 12 heteroatoms. The van der Waals surface area contributed by atoms with E-state index < -0.39 is 48.9 Å². The van der Waals surface area contributed by atoms with E-state index in [0.717, 1.165) is 82.8 Å². The summed E-state index contributed by atoms with van der Waals surface area (Å²) in [6.07, 6.45) is 21.4. The van der Waals surface area contributed by atoms with Crippen LogP contribution in [0.25, 0.3) is 0 Å². The van der Waals surface area contributed by atoms with E-state index >= 15 is 0 Å². The summed E-state index contributed by atoms with van der Waals surface area (Å²) in [5.41, 5.74) is 13.4. The van der Waals surface area contributed by atoms with Crippen LogP contribution < -0.4 is 21.5 Å². The minimum absolute atomic E-state index is 0.0129. The van der Waals surface area contributed by atoms with Gasteiger partial charge in [0.25, 0.3) is 0 Å². The first-order valence-electron chi connectivity index (χ1n) is 24.2. The van der Waals surface area contributed by atoms with E-state index in [1.165, 1.54) is 89.0 Å². The van der Waals surface area contributed by atoms with Crippen LogP contribution in [0.3, 0.4) is 0 Å². The summed E-state index contributed by atoms with van der Waals surface area (Å²) in [4.78, 5) is 13.2. The van der Waals surface area contributed by atoms with Gasteiger partial charge in [-0.25, -0.2) is 0 Å². The van der Waals surface area contributed by atoms with Crippen molar-refractivity contribution in [2.75, 3.05) is 33.5 Å². The van der Waals surface area contributed by atoms with Gasteiger partial charge in [0, 0.05) is 19.1 Å². The molecule has 1 aromatic rings. The number of methoxy groups -OCH3 is 1. The molecule has 0 radical (unpaired) electrons. The van der Waals surface area contributed by atoms with Gasteiger partial charge in [0.1, 0.15) is 30.2 Å². The number of aliphatic hydroxyl groups excluding tert-OH is 4. The van der Waals surface area contributed by atoms with Gasteiger partial charge in [-0.2, -0.15) is 0 Å². The lowest BCUT2D eigenvalue weighted by Gasteiger charge is -2.41. The van der Waals surface area contributed by atoms with Crippen LogP contribution >= 0.6 is 0 Å². The number of aliphatic hydroxyl groups is 4. The van der Waals surface area contributed by atoms with E-state index in [1.54, 1.807) is 7.11 Å². The van der Waals surface area contributed by atoms with Gasteiger partial charge in [-0.15, -0.1) is 0 Å². The summed E-state index contributed by atoms with van der Waals surface area (Å²) in [5.74, 6) is 0.689. The van der Waals surface area contributed by atoms with Gasteiger partial charge < -0.3 is 56.2 Å². The third-order valence-corrected chi connectivity index (χ3v) is 12.0. The van der Waals surface area contributed by atoms with Crippen LogP contribution in [0.2, 0.25) is 0 Å². The fourth-order valence-corrected chi connectivity index (χ4v) is 7.95. The Morgan fingerprint density at radius 1 is 0.733 bits per heavy atom. The Morgan fingerprint density at radius 2 is 1.28 bits per heavy atom. The van der Waals surface area contributed by atoms with Crippen LogP contribution in [0.1, 0.15) is 179 Å². The van der Waals surface area contributed by atoms with Crippen LogP contribution in [0.15, 0.2) is 24.3 Å². The Bertz CT molecular complexity index is 1150. The normalized spacial score (nSPS) is 20.8. The van der Waals surface area contributed by atoms with Gasteiger partial charge in [0.15, 0.2) is 6.29 Å². The third-order valence-electron chi connectivity index (χ3n) is 12.0. The standard InChI is InChI=1S/C48H89N3O9/c1-3-4-5-6-7-8-9-10-11-15-18-23-28-40(50)44(53)41(36-59-48-47(56)46(55)45(54)42(60-48)37-58-35-26-21-20-25-34-49)51-43(52)29-24-19-16-13-12-14-17-22-27-38-30-32-39(57-2)33-31-38/h30-33,40-42,44-48,53-56H,3-29,34-37,49-50H2,1-2H3,(H,51,52)/t40-,41+,42?,44-,45?,46?,47?,48?/m1/s1. The second kappa shape index (κ2) is 35.6. The number of hydrogen-bond donors (Lipinski definition) is 7. The molecule has 1 heterocycles. The van der Waals surface area contributed by atoms with E-state index in [4.69, 9.17) is 30.4 Å². The summed E-state index contributed by atoms with van der Waals surface area (Å²) in [6, 6.07) is 6.85. The highest BCUT2D eigenvalue weighted by atomic mass is 16.7. The van der Waals surface area contributed by atoms with Crippen molar-refractivity contribution in [3.8, 4) is 5.75 Å². The first kappa shape index (κ1) is 54.3. The predicted molar refractivity (Wildman–Crippen MR) is 241 cm³/mol. The van der Waals surface area contributed by atoms with Gasteiger partial charge in [-0.1, -0.05) is 147 Å². The van der Waals surface area contributed by atoms with Crippen LogP contribution in [0, 0.1) is 0 Å². The second-order valence-electron chi connectivity index (χ2n) is 17.3. The number of hydrogen-bond acceptors (Lipinski definition) is 11. The highest BCUT2D eigenvalue weighted by Gasteiger charge is 2.45. The number of nitrogens with one attached hydrogen (secondary N) is 1. The van der Waals surface area contributed by atoms with Gasteiger partial charge in [0.2, 0.25) is 5.91 Å². The molecule has 8 atom stereocenters. The number of ether oxygens (including phenoxy) is 4. The number of carbonyl (C=O) groups is 1. The Kier molecular flexibility index (Phi) is 32.2. The average molecular weight is 852 g/mol. The Labute approximate surface area is 364 Å². The van der Waals surface area contributed by atoms with Crippen molar-refractivity contribution in [2.24, 2.45) is 11.5 Å². The van der Waals surface area contributed by atoms with Crippen molar-refractivity contribution in [2.45, 2.75) is 229 Å². The molecule has 12 nitrogen and oxygen atoms in total. The lowest BCUT2D eigenvalue weighted by Crippen LogP contribution is -2.60. The maximum absolute atomic E-state index is 13.2. The van der Waals surface area contributed by atoms with Crippen LogP contribution in [-0.4, -0.2) is 109 Å². The molecule has 2 rings (SSSR count). The number of rotatable bonds is 39. The van der Waals surface area contributed by atoms with Crippen molar-refractivity contribution in [1.82, 2.24) is 5.32 Å². The number of aryl methyl sites for hydroxylation is 1. The van der Waals surface area contributed by atoms with E-state index in [9.17, 15) is 25.2 Å². The number of carbonyl (C=O) groups excluding carboxylic acids is 1. The minimum atomic E-state index is -1.54. The quantitative estimate of drug-likeness (QED) is 0.0327. The average Bonchev–Trinajstić information content (AvgIpc) is 3.25. The topological polar surface area (TPSA) is 199 Å². The van der Waals surface area contributed by atoms with Crippen molar-refractivity contribution in [3.05, 3.63) is 29.8 Å². The highest BCUT2D eigenvalue weighted by molar-refractivity contribution is 5.76. The first-order chi connectivity index (χ1) is 29.2. The van der Waals surface area contributed by atoms with Crippen LogP contribution in [0.4, 0.5) is 0 Å². The molecule has 350 valence electrons. The fraction of sp³-hybridized carbons (Fsp3) is 0.854. The molecular formula is C48H89N3O9. The summed E-state index contributed by atoms with van der Waals surface area (Å²) in [5, 5.41) is 46.4. The lowest BCUT2D eigenvalue weighted by molar-refractivity contribution is -0.304. The zero-order valence-electron chi connectivity index (χ0n) is 37.8. The lowest BCUT2D eigenvalue weighted by atomic mass is 9.97. The van der Waals surface area contributed by atoms with Crippen molar-refractivity contribution in [1.29, 1.82) is 0 Å². The zero-order chi connectivity index (χ0) is 43.6. The molecule has 1 aliphatic heterocycles. The molecule has 0 aromatic heterocycles. The van der Waals surface area contributed by atoms with E-state index in [1.807, 2.05) is 12.1 Å². The number of amides is 1. The molecule has 0 aliphatic carbocycles. The van der Waals surface area contributed by atoms with Crippen molar-refractivity contribution in [3.63, 3.8) is 0 Å². The molecule has 1 amide bonds. The van der Waals surface area contributed by atoms with Gasteiger partial charge in [-0.05, 0) is 62.8 Å². The number of benzene rings is 1. The fourth-order valence-electron chi connectivity index (χ4n) is 7.95. The van der Waals surface area contributed by atoms with E-state index in [2.05, 4.69) is 24.4 Å². The molecule has 0 bridgehead atoms. The molecule has 5 unspecified atom stereocenters. The smallest absolute Gasteiger partial charge is 0.220 e. The number of unbranched alkanes of at least 4 members (excludes halogenated alkanes) is 21. The molecule has 60 heavy (non-hydrogen) atoms. The maximum atomic E-state index is 13.2. The molecule has 9 N–H and O–H groups in total. The zero-order valence-corrected chi connectivity index (χ0v) is 37.8. The van der Waals surface area contributed by atoms with Gasteiger partial charge in [0.05, 0.1) is 32.5 Å². The van der Waals surface area contributed by atoms with E-state index in [0.29, 0.717) is 26.0 Å². The van der Waals surface area contributed by atoms with Crippen molar-refractivity contribution >= 4 is 5.91 Å². The second-order valence-corrected chi connectivity index (χ2v) is 17.3. The predicted octanol–water partition coefficient (Wildman–Crippen LogP) is 7.37. The minimum Gasteiger partial charge on any atom is -0.497 e. The van der Waals surface area contributed by atoms with Crippen molar-refractivity contribution < 1.29 is 44.2 Å². The molecule has 1 fully saturated rings. The summed E-state index contributed by atoms with van der Waals surface area (Å²) < 4.78 is 22.8. The Balaban J connectivity index is 1.80. The summed E-state index contributed by atoms with van der Waals surface area (Å²) in [7, 11) is 1.68. The molecular weight excluding hydrogens is 763 g/mol. The SMILES string of the molecule is CCCCCCCCCCCCCC[C@@H](N)[C@@H](O)[C@H](COC1OC(COCCCCCCN)C(O)C(O)C1O)NC(=O)CCCCCCCCCCc1ccc(OC)cc1. The van der Waals surface area contributed by atoms with E-state index in [-0.39, 0.29) is 19.1 Å². The maximum Gasteiger partial charge on any atom is 0.220 e.